The van der Waals surface area contributed by atoms with Gasteiger partial charge in [0.1, 0.15) is 0 Å². The number of nitrogens with one attached hydrogen (secondary N) is 1. The lowest BCUT2D eigenvalue weighted by Gasteiger charge is -2.23. The lowest BCUT2D eigenvalue weighted by molar-refractivity contribution is -0.147. The van der Waals surface area contributed by atoms with E-state index in [1.807, 2.05) is 0 Å². The molecule has 2 fully saturated rings. The van der Waals surface area contributed by atoms with Gasteiger partial charge in [-0.3, -0.25) is 9.59 Å². The number of hydrogen-bond donors (Lipinski definition) is 2. The largest absolute Gasteiger partial charge is 0.481 e. The van der Waals surface area contributed by atoms with Crippen molar-refractivity contribution in [1.29, 1.82) is 0 Å². The number of hydrogen-bond acceptors (Lipinski definition) is 5. The van der Waals surface area contributed by atoms with Crippen molar-refractivity contribution in [2.24, 2.45) is 11.8 Å². The summed E-state index contributed by atoms with van der Waals surface area (Å²) in [6.45, 7) is 0.161. The molecular weight excluding hydrogens is 290 g/mol. The van der Waals surface area contributed by atoms with Crippen LogP contribution in [0.4, 0.5) is 5.69 Å². The highest BCUT2D eigenvalue weighted by Crippen LogP contribution is 2.44. The lowest BCUT2D eigenvalue weighted by Crippen LogP contribution is -2.40. The number of anilines is 1. The first kappa shape index (κ1) is 13.4. The van der Waals surface area contributed by atoms with E-state index < -0.39 is 17.8 Å². The molecule has 0 spiro atoms. The summed E-state index contributed by atoms with van der Waals surface area (Å²) in [6, 6.07) is 5.09. The zero-order chi connectivity index (χ0) is 15.3. The summed E-state index contributed by atoms with van der Waals surface area (Å²) in [5.41, 5.74) is 0.557. The molecule has 0 radical (unpaired) electrons. The van der Waals surface area contributed by atoms with Crippen LogP contribution in [0.2, 0.25) is 0 Å². The molecule has 3 aliphatic heterocycles. The van der Waals surface area contributed by atoms with Crippen molar-refractivity contribution in [1.82, 2.24) is 0 Å². The summed E-state index contributed by atoms with van der Waals surface area (Å²) in [5, 5.41) is 12.1. The molecule has 3 aliphatic rings. The van der Waals surface area contributed by atoms with Crippen LogP contribution < -0.4 is 14.8 Å². The van der Waals surface area contributed by atoms with Crippen molar-refractivity contribution < 1.29 is 28.9 Å². The number of aliphatic carboxylic acids is 1. The average molecular weight is 305 g/mol. The maximum absolute atomic E-state index is 12.5. The van der Waals surface area contributed by atoms with Crippen molar-refractivity contribution in [3.05, 3.63) is 18.2 Å². The van der Waals surface area contributed by atoms with E-state index in [-0.39, 0.29) is 24.9 Å². The Labute approximate surface area is 126 Å². The predicted molar refractivity (Wildman–Crippen MR) is 73.7 cm³/mol. The van der Waals surface area contributed by atoms with E-state index in [1.165, 1.54) is 0 Å². The van der Waals surface area contributed by atoms with Crippen molar-refractivity contribution in [3.8, 4) is 11.5 Å². The normalized spacial score (nSPS) is 31.3. The molecule has 22 heavy (non-hydrogen) atoms. The Morgan fingerprint density at radius 1 is 1.09 bits per heavy atom. The van der Waals surface area contributed by atoms with Gasteiger partial charge in [0.25, 0.3) is 0 Å². The molecule has 0 saturated carbocycles. The van der Waals surface area contributed by atoms with Crippen LogP contribution in [0, 0.1) is 11.8 Å². The smallest absolute Gasteiger partial charge is 0.310 e. The van der Waals surface area contributed by atoms with E-state index in [9.17, 15) is 14.7 Å². The first-order valence-corrected chi connectivity index (χ1v) is 7.22. The number of amides is 1. The van der Waals surface area contributed by atoms with Crippen molar-refractivity contribution in [3.63, 3.8) is 0 Å². The van der Waals surface area contributed by atoms with Crippen LogP contribution in [0.1, 0.15) is 12.8 Å². The molecule has 4 rings (SSSR count). The van der Waals surface area contributed by atoms with Gasteiger partial charge in [-0.05, 0) is 25.0 Å². The second kappa shape index (κ2) is 4.88. The molecule has 3 heterocycles. The summed E-state index contributed by atoms with van der Waals surface area (Å²) in [5.74, 6) is -1.52. The Balaban J connectivity index is 1.53. The number of carboxylic acids is 1. The third-order valence-electron chi connectivity index (χ3n) is 4.50. The molecular formula is C15H15NO6. The van der Waals surface area contributed by atoms with Crippen LogP contribution in [-0.2, 0) is 14.3 Å². The first-order chi connectivity index (χ1) is 10.6. The minimum absolute atomic E-state index is 0.161. The van der Waals surface area contributed by atoms with Crippen LogP contribution in [0.3, 0.4) is 0 Å². The fraction of sp³-hybridized carbons (Fsp3) is 0.467. The van der Waals surface area contributed by atoms with Gasteiger partial charge in [-0.15, -0.1) is 0 Å². The van der Waals surface area contributed by atoms with Crippen LogP contribution in [0.25, 0.3) is 0 Å². The van der Waals surface area contributed by atoms with Crippen LogP contribution in [-0.4, -0.2) is 36.0 Å². The van der Waals surface area contributed by atoms with E-state index in [1.54, 1.807) is 18.2 Å². The SMILES string of the molecule is O=C(O)[C@H]1[C@H](C(=O)Nc2ccc3c(c2)OCO3)[C@H]2CC[C@H]1O2. The number of ether oxygens (including phenoxy) is 3. The molecule has 4 atom stereocenters. The maximum atomic E-state index is 12.5. The molecule has 7 nitrogen and oxygen atoms in total. The monoisotopic (exact) mass is 305 g/mol. The van der Waals surface area contributed by atoms with E-state index in [0.717, 1.165) is 6.42 Å². The molecule has 2 saturated heterocycles. The molecule has 2 N–H and O–H groups in total. The van der Waals surface area contributed by atoms with Crippen LogP contribution in [0.5, 0.6) is 11.5 Å². The molecule has 0 aromatic heterocycles. The van der Waals surface area contributed by atoms with Gasteiger partial charge < -0.3 is 24.6 Å². The van der Waals surface area contributed by atoms with E-state index >= 15 is 0 Å². The minimum Gasteiger partial charge on any atom is -0.481 e. The predicted octanol–water partition coefficient (Wildman–Crippen LogP) is 1.23. The number of carboxylic acid groups (broad SMARTS) is 1. The van der Waals surface area contributed by atoms with Gasteiger partial charge in [-0.2, -0.15) is 0 Å². The van der Waals surface area contributed by atoms with Gasteiger partial charge in [0.05, 0.1) is 24.0 Å². The number of carbonyl (C=O) groups is 2. The highest BCUT2D eigenvalue weighted by atomic mass is 16.7. The molecule has 0 aliphatic carbocycles. The Kier molecular flexibility index (Phi) is 2.97. The number of benzene rings is 1. The third-order valence-corrected chi connectivity index (χ3v) is 4.50. The summed E-state index contributed by atoms with van der Waals surface area (Å²) < 4.78 is 16.1. The standard InChI is InChI=1S/C15H15NO6/c17-14(12-9-3-4-10(22-9)13(12)15(18)19)16-7-1-2-8-11(5-7)21-6-20-8/h1-2,5,9-10,12-13H,3-4,6H2,(H,16,17)(H,18,19)/t9-,10-,12-,13-/m1/s1. The second-order valence-corrected chi connectivity index (χ2v) is 5.74. The molecule has 1 aromatic rings. The average Bonchev–Trinajstić information content (AvgIpc) is 3.20. The molecule has 116 valence electrons. The first-order valence-electron chi connectivity index (χ1n) is 7.22. The molecule has 1 amide bonds. The summed E-state index contributed by atoms with van der Waals surface area (Å²) >= 11 is 0. The van der Waals surface area contributed by atoms with Gasteiger partial charge in [-0.1, -0.05) is 0 Å². The Bertz CT molecular complexity index is 645. The Morgan fingerprint density at radius 2 is 1.82 bits per heavy atom. The van der Waals surface area contributed by atoms with Gasteiger partial charge in [0.2, 0.25) is 12.7 Å². The Morgan fingerprint density at radius 3 is 2.59 bits per heavy atom. The molecule has 1 aromatic carbocycles. The fourth-order valence-corrected chi connectivity index (χ4v) is 3.52. The minimum atomic E-state index is -0.974. The second-order valence-electron chi connectivity index (χ2n) is 5.74. The van der Waals surface area contributed by atoms with E-state index in [2.05, 4.69) is 5.32 Å². The van der Waals surface area contributed by atoms with Crippen molar-refractivity contribution in [2.45, 2.75) is 25.0 Å². The topological polar surface area (TPSA) is 94.1 Å². The number of fused-ring (bicyclic) bond motifs is 3. The lowest BCUT2D eigenvalue weighted by atomic mass is 9.78. The quantitative estimate of drug-likeness (QED) is 0.872. The number of carbonyl (C=O) groups excluding carboxylic acids is 1. The zero-order valence-electron chi connectivity index (χ0n) is 11.7. The van der Waals surface area contributed by atoms with E-state index in [4.69, 9.17) is 14.2 Å². The van der Waals surface area contributed by atoms with Gasteiger partial charge >= 0.3 is 5.97 Å². The van der Waals surface area contributed by atoms with Crippen molar-refractivity contribution >= 4 is 17.6 Å². The van der Waals surface area contributed by atoms with Crippen LogP contribution >= 0.6 is 0 Å². The molecule has 2 bridgehead atoms. The highest BCUT2D eigenvalue weighted by Gasteiger charge is 2.55. The maximum Gasteiger partial charge on any atom is 0.310 e. The van der Waals surface area contributed by atoms with Gasteiger partial charge in [-0.25, -0.2) is 0 Å². The third kappa shape index (κ3) is 2.00. The van der Waals surface area contributed by atoms with Gasteiger partial charge in [0, 0.05) is 11.8 Å². The van der Waals surface area contributed by atoms with Gasteiger partial charge in [0.15, 0.2) is 11.5 Å². The fourth-order valence-electron chi connectivity index (χ4n) is 3.52. The summed E-state index contributed by atoms with van der Waals surface area (Å²) in [6.07, 6.45) is 0.776. The Hall–Kier alpha value is -2.28. The summed E-state index contributed by atoms with van der Waals surface area (Å²) in [4.78, 5) is 23.9. The highest BCUT2D eigenvalue weighted by molar-refractivity contribution is 5.96. The summed E-state index contributed by atoms with van der Waals surface area (Å²) in [7, 11) is 0. The zero-order valence-corrected chi connectivity index (χ0v) is 11.7. The van der Waals surface area contributed by atoms with Crippen LogP contribution in [0.15, 0.2) is 18.2 Å². The van der Waals surface area contributed by atoms with E-state index in [0.29, 0.717) is 23.6 Å². The van der Waals surface area contributed by atoms with Crippen molar-refractivity contribution in [2.75, 3.05) is 12.1 Å². The molecule has 7 heteroatoms. The number of rotatable bonds is 3. The molecule has 0 unspecified atom stereocenters.